The lowest BCUT2D eigenvalue weighted by atomic mass is 10.0. The van der Waals surface area contributed by atoms with E-state index in [1.54, 1.807) is 0 Å². The molecule has 3 heterocycles. The molecular formula is C28H40N6O. The van der Waals surface area contributed by atoms with Gasteiger partial charge in [0.2, 0.25) is 0 Å². The smallest absolute Gasteiger partial charge is 0.256 e. The number of carbonyl (C=O) groups excluding carboxylic acids is 1. The van der Waals surface area contributed by atoms with Gasteiger partial charge in [-0.25, -0.2) is 9.67 Å². The fourth-order valence-electron chi connectivity index (χ4n) is 4.75. The Morgan fingerprint density at radius 2 is 1.77 bits per heavy atom. The third-order valence-corrected chi connectivity index (χ3v) is 6.95. The molecule has 7 nitrogen and oxygen atoms in total. The summed E-state index contributed by atoms with van der Waals surface area (Å²) >= 11 is 0. The van der Waals surface area contributed by atoms with E-state index in [-0.39, 0.29) is 17.4 Å². The van der Waals surface area contributed by atoms with Gasteiger partial charge in [-0.3, -0.25) is 4.79 Å². The highest BCUT2D eigenvalue weighted by Gasteiger charge is 2.25. The highest BCUT2D eigenvalue weighted by Crippen LogP contribution is 2.30. The quantitative estimate of drug-likeness (QED) is 0.540. The van der Waals surface area contributed by atoms with Crippen molar-refractivity contribution < 1.29 is 4.79 Å². The molecule has 1 fully saturated rings. The van der Waals surface area contributed by atoms with Crippen molar-refractivity contribution in [2.75, 3.05) is 42.9 Å². The fraction of sp³-hybridized carbons (Fsp3) is 0.536. The molecule has 35 heavy (non-hydrogen) atoms. The van der Waals surface area contributed by atoms with Crippen molar-refractivity contribution in [3.8, 4) is 0 Å². The number of likely N-dealkylation sites (N-methyl/N-ethyl adjacent to an activating group) is 1. The van der Waals surface area contributed by atoms with Gasteiger partial charge in [-0.05, 0) is 76.9 Å². The second-order valence-electron chi connectivity index (χ2n) is 11.0. The molecule has 188 valence electrons. The number of nitrogens with one attached hydrogen (secondary N) is 1. The summed E-state index contributed by atoms with van der Waals surface area (Å²) < 4.78 is 1.94. The Bertz CT molecular complexity index is 1230. The lowest BCUT2D eigenvalue weighted by molar-refractivity contribution is 0.102. The normalized spacial score (nSPS) is 15.3. The predicted molar refractivity (Wildman–Crippen MR) is 145 cm³/mol. The molecule has 1 saturated heterocycles. The van der Waals surface area contributed by atoms with Crippen LogP contribution in [0.1, 0.15) is 74.8 Å². The number of rotatable bonds is 5. The van der Waals surface area contributed by atoms with Gasteiger partial charge in [-0.15, -0.1) is 0 Å². The van der Waals surface area contributed by atoms with Crippen molar-refractivity contribution in [3.05, 3.63) is 46.8 Å². The number of fused-ring (bicyclic) bond motifs is 1. The molecule has 0 aliphatic carbocycles. The molecular weight excluding hydrogens is 436 g/mol. The number of hydrogen-bond acceptors (Lipinski definition) is 5. The predicted octanol–water partition coefficient (Wildman–Crippen LogP) is 5.32. The van der Waals surface area contributed by atoms with Gasteiger partial charge >= 0.3 is 0 Å². The summed E-state index contributed by atoms with van der Waals surface area (Å²) in [7, 11) is 0. The Labute approximate surface area is 209 Å². The number of nitrogens with zero attached hydrogens (tertiary/aromatic N) is 5. The third-order valence-electron chi connectivity index (χ3n) is 6.95. The van der Waals surface area contributed by atoms with E-state index in [9.17, 15) is 4.79 Å². The minimum atomic E-state index is -0.238. The van der Waals surface area contributed by atoms with Crippen LogP contribution in [0.2, 0.25) is 0 Å². The van der Waals surface area contributed by atoms with Crippen LogP contribution in [-0.2, 0) is 5.54 Å². The summed E-state index contributed by atoms with van der Waals surface area (Å²) in [4.78, 5) is 23.4. The van der Waals surface area contributed by atoms with E-state index in [0.717, 1.165) is 66.4 Å². The van der Waals surface area contributed by atoms with Crippen molar-refractivity contribution in [1.82, 2.24) is 19.7 Å². The second-order valence-corrected chi connectivity index (χ2v) is 11.0. The first-order chi connectivity index (χ1) is 16.5. The molecule has 1 aromatic carbocycles. The highest BCUT2D eigenvalue weighted by atomic mass is 16.1. The van der Waals surface area contributed by atoms with E-state index >= 15 is 0 Å². The summed E-state index contributed by atoms with van der Waals surface area (Å²) in [6.07, 6.45) is 0. The van der Waals surface area contributed by atoms with E-state index < -0.39 is 0 Å². The Hall–Kier alpha value is -2.93. The lowest BCUT2D eigenvalue weighted by Crippen LogP contribution is -2.46. The van der Waals surface area contributed by atoms with Crippen LogP contribution in [0.4, 0.5) is 11.4 Å². The van der Waals surface area contributed by atoms with E-state index in [1.807, 2.05) is 23.7 Å². The molecule has 7 heteroatoms. The SMILES string of the molecule is CCN1CCN(c2ccc(NC(=O)c3cc(C(C)C)nc4c3c(C)nn4C(C)(C)C)c(C)c2)CC1. The maximum atomic E-state index is 13.6. The van der Waals surface area contributed by atoms with Crippen LogP contribution in [0.3, 0.4) is 0 Å². The standard InChI is InChI=1S/C28H40N6O/c1-9-32-12-14-33(15-13-32)21-10-11-23(19(4)16-21)30-27(35)22-17-24(18(2)3)29-26-25(22)20(5)31-34(26)28(6,7)8/h10-11,16-18H,9,12-15H2,1-8H3,(H,30,35). The summed E-state index contributed by atoms with van der Waals surface area (Å²) in [6.45, 7) is 22.1. The molecule has 0 radical (unpaired) electrons. The van der Waals surface area contributed by atoms with Crippen LogP contribution < -0.4 is 10.2 Å². The topological polar surface area (TPSA) is 66.3 Å². The molecule has 0 bridgehead atoms. The van der Waals surface area contributed by atoms with Gasteiger partial charge in [0.25, 0.3) is 5.91 Å². The molecule has 1 aliphatic rings. The first-order valence-electron chi connectivity index (χ1n) is 12.8. The molecule has 2 aromatic heterocycles. The van der Waals surface area contributed by atoms with E-state index in [1.165, 1.54) is 5.69 Å². The zero-order chi connectivity index (χ0) is 25.5. The molecule has 4 rings (SSSR count). The second kappa shape index (κ2) is 9.61. The molecule has 0 saturated carbocycles. The number of aromatic nitrogens is 3. The van der Waals surface area contributed by atoms with Gasteiger partial charge in [0.15, 0.2) is 5.65 Å². The minimum Gasteiger partial charge on any atom is -0.369 e. The van der Waals surface area contributed by atoms with E-state index in [4.69, 9.17) is 10.1 Å². The number of hydrogen-bond donors (Lipinski definition) is 1. The molecule has 0 unspecified atom stereocenters. The lowest BCUT2D eigenvalue weighted by Gasteiger charge is -2.35. The summed E-state index contributed by atoms with van der Waals surface area (Å²) in [5.74, 6) is 0.0760. The van der Waals surface area contributed by atoms with Gasteiger partial charge in [-0.1, -0.05) is 20.8 Å². The van der Waals surface area contributed by atoms with Crippen molar-refractivity contribution in [2.24, 2.45) is 0 Å². The van der Waals surface area contributed by atoms with Crippen LogP contribution in [0.25, 0.3) is 11.0 Å². The summed E-state index contributed by atoms with van der Waals surface area (Å²) in [6, 6.07) is 8.26. The monoisotopic (exact) mass is 476 g/mol. The first-order valence-corrected chi connectivity index (χ1v) is 12.8. The molecule has 1 amide bonds. The Kier molecular flexibility index (Phi) is 6.91. The Morgan fingerprint density at radius 3 is 2.34 bits per heavy atom. The number of benzene rings is 1. The average Bonchev–Trinajstić information content (AvgIpc) is 3.16. The average molecular weight is 477 g/mol. The zero-order valence-electron chi connectivity index (χ0n) is 22.6. The van der Waals surface area contributed by atoms with Gasteiger partial charge < -0.3 is 15.1 Å². The van der Waals surface area contributed by atoms with E-state index in [0.29, 0.717) is 5.56 Å². The number of piperazine rings is 1. The maximum Gasteiger partial charge on any atom is 0.256 e. The van der Waals surface area contributed by atoms with Gasteiger partial charge in [-0.2, -0.15) is 5.10 Å². The largest absolute Gasteiger partial charge is 0.369 e. The molecule has 0 spiro atoms. The van der Waals surface area contributed by atoms with Crippen LogP contribution in [-0.4, -0.2) is 58.3 Å². The number of anilines is 2. The Balaban J connectivity index is 1.65. The van der Waals surface area contributed by atoms with Crippen LogP contribution in [0, 0.1) is 13.8 Å². The van der Waals surface area contributed by atoms with Crippen LogP contribution >= 0.6 is 0 Å². The van der Waals surface area contributed by atoms with E-state index in [2.05, 4.69) is 75.7 Å². The minimum absolute atomic E-state index is 0.122. The first kappa shape index (κ1) is 25.2. The van der Waals surface area contributed by atoms with Crippen molar-refractivity contribution in [3.63, 3.8) is 0 Å². The molecule has 1 N–H and O–H groups in total. The van der Waals surface area contributed by atoms with Crippen molar-refractivity contribution in [2.45, 2.75) is 66.8 Å². The summed E-state index contributed by atoms with van der Waals surface area (Å²) in [5.41, 5.74) is 5.99. The molecule has 3 aromatic rings. The van der Waals surface area contributed by atoms with Gasteiger partial charge in [0, 0.05) is 43.2 Å². The molecule has 1 aliphatic heterocycles. The van der Waals surface area contributed by atoms with Crippen LogP contribution in [0.15, 0.2) is 24.3 Å². The zero-order valence-corrected chi connectivity index (χ0v) is 22.6. The van der Waals surface area contributed by atoms with Crippen molar-refractivity contribution in [1.29, 1.82) is 0 Å². The van der Waals surface area contributed by atoms with Crippen LogP contribution in [0.5, 0.6) is 0 Å². The highest BCUT2D eigenvalue weighted by molar-refractivity contribution is 6.13. The maximum absolute atomic E-state index is 13.6. The number of aryl methyl sites for hydroxylation is 2. The van der Waals surface area contributed by atoms with Crippen molar-refractivity contribution >= 4 is 28.3 Å². The number of pyridine rings is 1. The number of carbonyl (C=O) groups is 1. The third kappa shape index (κ3) is 5.06. The van der Waals surface area contributed by atoms with Gasteiger partial charge in [0.05, 0.1) is 22.2 Å². The summed E-state index contributed by atoms with van der Waals surface area (Å²) in [5, 5.41) is 8.77. The Morgan fingerprint density at radius 1 is 1.09 bits per heavy atom. The van der Waals surface area contributed by atoms with Gasteiger partial charge in [0.1, 0.15) is 0 Å². The fourth-order valence-corrected chi connectivity index (χ4v) is 4.75. The molecule has 0 atom stereocenters. The number of amides is 1.